The molecule has 1 N–H and O–H groups in total. The van der Waals surface area contributed by atoms with Crippen LogP contribution >= 0.6 is 0 Å². The highest BCUT2D eigenvalue weighted by molar-refractivity contribution is 5.91. The number of nitrogens with one attached hydrogen (secondary N) is 1. The molecule has 2 saturated carbocycles. The van der Waals surface area contributed by atoms with Crippen LogP contribution in [0.5, 0.6) is 0 Å². The first-order chi connectivity index (χ1) is 9.91. The molecule has 0 heterocycles. The Balaban J connectivity index is 1.60. The number of amides is 1. The van der Waals surface area contributed by atoms with Gasteiger partial charge in [0.05, 0.1) is 5.56 Å². The first kappa shape index (κ1) is 14.4. The zero-order chi connectivity index (χ0) is 15.0. The molecule has 3 unspecified atom stereocenters. The van der Waals surface area contributed by atoms with Crippen molar-refractivity contribution < 1.29 is 18.0 Å². The molecule has 0 aromatic heterocycles. The summed E-state index contributed by atoms with van der Waals surface area (Å²) in [6.45, 7) is 0. The van der Waals surface area contributed by atoms with E-state index < -0.39 is 11.7 Å². The number of fused-ring (bicyclic) bond motifs is 2. The van der Waals surface area contributed by atoms with Gasteiger partial charge in [-0.25, -0.2) is 0 Å². The second kappa shape index (κ2) is 5.35. The molecule has 2 fully saturated rings. The highest BCUT2D eigenvalue weighted by atomic mass is 19.4. The molecule has 3 atom stereocenters. The summed E-state index contributed by atoms with van der Waals surface area (Å²) >= 11 is 0. The number of rotatable bonds is 3. The Hall–Kier alpha value is -1.52. The number of carbonyl (C=O) groups is 1. The molecule has 3 rings (SSSR count). The van der Waals surface area contributed by atoms with Crippen LogP contribution in [0.4, 0.5) is 18.9 Å². The van der Waals surface area contributed by atoms with Crippen LogP contribution < -0.4 is 5.32 Å². The average Bonchev–Trinajstić information content (AvgIpc) is 3.00. The van der Waals surface area contributed by atoms with Crippen molar-refractivity contribution >= 4 is 11.6 Å². The smallest absolute Gasteiger partial charge is 0.326 e. The van der Waals surface area contributed by atoms with E-state index in [1.54, 1.807) is 0 Å². The third kappa shape index (κ3) is 3.22. The first-order valence-corrected chi connectivity index (χ1v) is 7.39. The van der Waals surface area contributed by atoms with E-state index >= 15 is 0 Å². The maximum atomic E-state index is 12.6. The number of hydrogen-bond donors (Lipinski definition) is 1. The minimum absolute atomic E-state index is 0.174. The van der Waals surface area contributed by atoms with Gasteiger partial charge in [-0.1, -0.05) is 12.5 Å². The minimum Gasteiger partial charge on any atom is -0.326 e. The number of halogens is 3. The van der Waals surface area contributed by atoms with Crippen molar-refractivity contribution in [2.24, 2.45) is 17.8 Å². The molecule has 5 heteroatoms. The standard InChI is InChI=1S/C16H18F3NO/c17-16(18,19)13-2-1-3-14(9-13)20-15(21)8-12-7-10-4-5-11(12)6-10/h1-3,9-12H,4-8H2,(H,20,21). The van der Waals surface area contributed by atoms with E-state index in [4.69, 9.17) is 0 Å². The van der Waals surface area contributed by atoms with Gasteiger partial charge in [-0.2, -0.15) is 13.2 Å². The van der Waals surface area contributed by atoms with Gasteiger partial charge >= 0.3 is 6.18 Å². The Morgan fingerprint density at radius 1 is 1.24 bits per heavy atom. The lowest BCUT2D eigenvalue weighted by Gasteiger charge is -2.21. The van der Waals surface area contributed by atoms with Crippen molar-refractivity contribution in [3.05, 3.63) is 29.8 Å². The van der Waals surface area contributed by atoms with Gasteiger partial charge in [0.15, 0.2) is 0 Å². The molecule has 0 radical (unpaired) electrons. The van der Waals surface area contributed by atoms with Crippen molar-refractivity contribution in [3.63, 3.8) is 0 Å². The molecule has 1 aromatic rings. The Kier molecular flexibility index (Phi) is 3.68. The highest BCUT2D eigenvalue weighted by Gasteiger charge is 2.40. The second-order valence-electron chi connectivity index (χ2n) is 6.27. The quantitative estimate of drug-likeness (QED) is 0.876. The molecule has 0 spiro atoms. The van der Waals surface area contributed by atoms with Gasteiger partial charge in [-0.3, -0.25) is 4.79 Å². The first-order valence-electron chi connectivity index (χ1n) is 7.39. The van der Waals surface area contributed by atoms with Gasteiger partial charge in [0.1, 0.15) is 0 Å². The van der Waals surface area contributed by atoms with E-state index in [2.05, 4.69) is 5.32 Å². The highest BCUT2D eigenvalue weighted by Crippen LogP contribution is 2.49. The molecule has 0 saturated heterocycles. The molecule has 1 amide bonds. The summed E-state index contributed by atoms with van der Waals surface area (Å²) in [6, 6.07) is 4.80. The van der Waals surface area contributed by atoms with Crippen molar-refractivity contribution in [1.29, 1.82) is 0 Å². The molecule has 2 aliphatic rings. The van der Waals surface area contributed by atoms with Gasteiger partial charge in [-0.15, -0.1) is 0 Å². The van der Waals surface area contributed by atoms with Crippen LogP contribution in [0.1, 0.15) is 37.7 Å². The second-order valence-corrected chi connectivity index (χ2v) is 6.27. The number of benzene rings is 1. The third-order valence-corrected chi connectivity index (χ3v) is 4.81. The van der Waals surface area contributed by atoms with Crippen LogP contribution in [-0.4, -0.2) is 5.91 Å². The van der Waals surface area contributed by atoms with Crippen molar-refractivity contribution in [2.75, 3.05) is 5.32 Å². The van der Waals surface area contributed by atoms with Crippen LogP contribution in [0.15, 0.2) is 24.3 Å². The predicted molar refractivity (Wildman–Crippen MR) is 73.6 cm³/mol. The number of hydrogen-bond acceptors (Lipinski definition) is 1. The monoisotopic (exact) mass is 297 g/mol. The molecule has 2 nitrogen and oxygen atoms in total. The maximum Gasteiger partial charge on any atom is 0.416 e. The van der Waals surface area contributed by atoms with Gasteiger partial charge in [0.2, 0.25) is 5.91 Å². The summed E-state index contributed by atoms with van der Waals surface area (Å²) in [5.41, 5.74) is -0.516. The van der Waals surface area contributed by atoms with E-state index in [1.807, 2.05) is 0 Å². The molecule has 114 valence electrons. The molecular weight excluding hydrogens is 279 g/mol. The van der Waals surface area contributed by atoms with Gasteiger partial charge < -0.3 is 5.32 Å². The zero-order valence-corrected chi connectivity index (χ0v) is 11.6. The molecule has 2 bridgehead atoms. The van der Waals surface area contributed by atoms with Gasteiger partial charge in [0, 0.05) is 12.1 Å². The molecule has 1 aromatic carbocycles. The lowest BCUT2D eigenvalue weighted by molar-refractivity contribution is -0.137. The van der Waals surface area contributed by atoms with Crippen molar-refractivity contribution in [1.82, 2.24) is 0 Å². The summed E-state index contributed by atoms with van der Waals surface area (Å²) < 4.78 is 37.9. The number of carbonyl (C=O) groups excluding carboxylic acids is 1. The van der Waals surface area contributed by atoms with Crippen LogP contribution in [0, 0.1) is 17.8 Å². The summed E-state index contributed by atoms with van der Waals surface area (Å²) in [5, 5.41) is 2.60. The van der Waals surface area contributed by atoms with Gasteiger partial charge in [-0.05, 0) is 55.2 Å². The van der Waals surface area contributed by atoms with Gasteiger partial charge in [0.25, 0.3) is 0 Å². The fraction of sp³-hybridized carbons (Fsp3) is 0.562. The summed E-state index contributed by atoms with van der Waals surface area (Å²) in [6.07, 6.45) is 0.841. The largest absolute Gasteiger partial charge is 0.416 e. The molecule has 2 aliphatic carbocycles. The Labute approximate surface area is 121 Å². The Bertz CT molecular complexity index is 541. The van der Waals surface area contributed by atoms with E-state index in [9.17, 15) is 18.0 Å². The van der Waals surface area contributed by atoms with Crippen molar-refractivity contribution in [3.8, 4) is 0 Å². The predicted octanol–water partition coefficient (Wildman–Crippen LogP) is 4.47. The van der Waals surface area contributed by atoms with Crippen LogP contribution in [-0.2, 0) is 11.0 Å². The number of alkyl halides is 3. The summed E-state index contributed by atoms with van der Waals surface area (Å²) in [7, 11) is 0. The van der Waals surface area contributed by atoms with Crippen LogP contribution in [0.25, 0.3) is 0 Å². The fourth-order valence-corrected chi connectivity index (χ4v) is 3.85. The topological polar surface area (TPSA) is 29.1 Å². The minimum atomic E-state index is -4.38. The van der Waals surface area contributed by atoms with E-state index in [-0.39, 0.29) is 11.6 Å². The van der Waals surface area contributed by atoms with E-state index in [1.165, 1.54) is 31.4 Å². The summed E-state index contributed by atoms with van der Waals surface area (Å²) in [4.78, 5) is 12.0. The van der Waals surface area contributed by atoms with E-state index in [0.717, 1.165) is 24.5 Å². The molecule has 21 heavy (non-hydrogen) atoms. The third-order valence-electron chi connectivity index (χ3n) is 4.81. The van der Waals surface area contributed by atoms with E-state index in [0.29, 0.717) is 18.3 Å². The molecular formula is C16H18F3NO. The normalized spacial score (nSPS) is 27.9. The van der Waals surface area contributed by atoms with Crippen LogP contribution in [0.3, 0.4) is 0 Å². The SMILES string of the molecule is O=C(CC1CC2CCC1C2)Nc1cccc(C(F)(F)F)c1. The van der Waals surface area contributed by atoms with Crippen molar-refractivity contribution in [2.45, 2.75) is 38.3 Å². The lowest BCUT2D eigenvalue weighted by atomic mass is 9.86. The Morgan fingerprint density at radius 3 is 2.67 bits per heavy atom. The lowest BCUT2D eigenvalue weighted by Crippen LogP contribution is -2.20. The average molecular weight is 297 g/mol. The fourth-order valence-electron chi connectivity index (χ4n) is 3.85. The maximum absolute atomic E-state index is 12.6. The zero-order valence-electron chi connectivity index (χ0n) is 11.6. The summed E-state index contributed by atoms with van der Waals surface area (Å²) in [5.74, 6) is 1.64. The molecule has 0 aliphatic heterocycles. The number of anilines is 1. The Morgan fingerprint density at radius 2 is 2.05 bits per heavy atom. The van der Waals surface area contributed by atoms with Crippen LogP contribution in [0.2, 0.25) is 0 Å².